The number of benzene rings is 2. The Morgan fingerprint density at radius 1 is 1.07 bits per heavy atom. The van der Waals surface area contributed by atoms with Gasteiger partial charge in [0, 0.05) is 17.1 Å². The maximum Gasteiger partial charge on any atom is 0.264 e. The van der Waals surface area contributed by atoms with Crippen molar-refractivity contribution in [3.8, 4) is 5.69 Å². The number of carbonyl (C=O) groups excluding carboxylic acids is 1. The molecule has 1 N–H and O–H groups in total. The molecule has 4 nitrogen and oxygen atoms in total. The number of aliphatic imine (C=N–C) groups is 1. The van der Waals surface area contributed by atoms with Crippen molar-refractivity contribution in [2.75, 3.05) is 0 Å². The number of aryl methyl sites for hydroxylation is 2. The maximum absolute atomic E-state index is 12.5. The van der Waals surface area contributed by atoms with E-state index in [1.807, 2.05) is 36.4 Å². The zero-order valence-electron chi connectivity index (χ0n) is 16.8. The number of thioether (sulfide) groups is 1. The fourth-order valence-electron chi connectivity index (χ4n) is 3.57. The number of carbonyl (C=O) groups is 1. The molecule has 29 heavy (non-hydrogen) atoms. The summed E-state index contributed by atoms with van der Waals surface area (Å²) >= 11 is 1.38. The van der Waals surface area contributed by atoms with Gasteiger partial charge in [0.2, 0.25) is 0 Å². The first-order valence-electron chi connectivity index (χ1n) is 9.68. The molecular weight excluding hydrogens is 378 g/mol. The van der Waals surface area contributed by atoms with Crippen LogP contribution in [-0.2, 0) is 11.2 Å². The first kappa shape index (κ1) is 19.3. The highest BCUT2D eigenvalue weighted by Crippen LogP contribution is 2.31. The van der Waals surface area contributed by atoms with Crippen LogP contribution < -0.4 is 5.32 Å². The normalized spacial score (nSPS) is 16.6. The predicted molar refractivity (Wildman–Crippen MR) is 122 cm³/mol. The summed E-state index contributed by atoms with van der Waals surface area (Å²) in [6.45, 7) is 6.37. The summed E-state index contributed by atoms with van der Waals surface area (Å²) < 4.78 is 2.27. The molecule has 2 heterocycles. The van der Waals surface area contributed by atoms with Crippen LogP contribution in [0.2, 0.25) is 0 Å². The Morgan fingerprint density at radius 3 is 2.55 bits per heavy atom. The highest BCUT2D eigenvalue weighted by atomic mass is 32.2. The standard InChI is InChI=1S/C24H23N3OS/c1-4-18-10-8-9-13-21(18)27-16(2)14-19(17(27)3)15-22-23(28)26-24(29-22)25-20-11-6-5-7-12-20/h5-15H,4H2,1-3H3,(H,25,26,28)/b22-15-. The third kappa shape index (κ3) is 3.91. The van der Waals surface area contributed by atoms with Gasteiger partial charge in [0.05, 0.1) is 10.6 Å². The fraction of sp³-hybridized carbons (Fsp3) is 0.167. The van der Waals surface area contributed by atoms with Gasteiger partial charge < -0.3 is 9.88 Å². The number of hydrogen-bond donors (Lipinski definition) is 1. The van der Waals surface area contributed by atoms with Crippen molar-refractivity contribution in [2.24, 2.45) is 4.99 Å². The second-order valence-corrected chi connectivity index (χ2v) is 7.99. The van der Waals surface area contributed by atoms with Crippen LogP contribution in [-0.4, -0.2) is 15.6 Å². The number of nitrogens with one attached hydrogen (secondary N) is 1. The van der Waals surface area contributed by atoms with E-state index in [4.69, 9.17) is 0 Å². The Balaban J connectivity index is 1.67. The Hall–Kier alpha value is -3.05. The zero-order chi connectivity index (χ0) is 20.4. The van der Waals surface area contributed by atoms with Gasteiger partial charge in [-0.2, -0.15) is 0 Å². The van der Waals surface area contributed by atoms with Gasteiger partial charge >= 0.3 is 0 Å². The van der Waals surface area contributed by atoms with Crippen molar-refractivity contribution >= 4 is 34.6 Å². The van der Waals surface area contributed by atoms with Gasteiger partial charge in [-0.3, -0.25) is 4.79 Å². The SMILES string of the molecule is CCc1ccccc1-n1c(C)cc(/C=C2\SC(=Nc3ccccc3)NC2=O)c1C. The molecule has 0 unspecified atom stereocenters. The first-order valence-corrected chi connectivity index (χ1v) is 10.5. The average Bonchev–Trinajstić information content (AvgIpc) is 3.21. The Bertz CT molecular complexity index is 1130. The highest BCUT2D eigenvalue weighted by molar-refractivity contribution is 8.18. The second kappa shape index (κ2) is 8.13. The number of aromatic nitrogens is 1. The van der Waals surface area contributed by atoms with Crippen LogP contribution in [0.15, 0.2) is 70.6 Å². The summed E-state index contributed by atoms with van der Waals surface area (Å²) in [4.78, 5) is 17.6. The smallest absolute Gasteiger partial charge is 0.264 e. The molecule has 0 spiro atoms. The molecule has 1 saturated heterocycles. The summed E-state index contributed by atoms with van der Waals surface area (Å²) in [7, 11) is 0. The fourth-order valence-corrected chi connectivity index (χ4v) is 4.41. The van der Waals surface area contributed by atoms with E-state index in [0.29, 0.717) is 10.1 Å². The van der Waals surface area contributed by atoms with Crippen LogP contribution in [0.1, 0.15) is 29.4 Å². The average molecular weight is 402 g/mol. The molecule has 1 fully saturated rings. The molecule has 5 heteroatoms. The van der Waals surface area contributed by atoms with E-state index in [0.717, 1.165) is 29.1 Å². The summed E-state index contributed by atoms with van der Waals surface area (Å²) in [5.41, 5.74) is 6.65. The molecule has 1 aromatic heterocycles. The summed E-state index contributed by atoms with van der Waals surface area (Å²) in [5, 5.41) is 3.47. The Labute approximate surface area is 175 Å². The van der Waals surface area contributed by atoms with Gasteiger partial charge in [-0.25, -0.2) is 4.99 Å². The number of amidine groups is 1. The minimum atomic E-state index is -0.108. The van der Waals surface area contributed by atoms with Gasteiger partial charge in [-0.1, -0.05) is 43.3 Å². The van der Waals surface area contributed by atoms with E-state index in [2.05, 4.69) is 66.0 Å². The van der Waals surface area contributed by atoms with Crippen LogP contribution in [0.4, 0.5) is 5.69 Å². The van der Waals surface area contributed by atoms with Crippen LogP contribution in [0, 0.1) is 13.8 Å². The molecule has 1 amide bonds. The van der Waals surface area contributed by atoms with Gasteiger partial charge in [-0.15, -0.1) is 0 Å². The Kier molecular flexibility index (Phi) is 5.41. The molecule has 0 bridgehead atoms. The molecule has 0 aliphatic carbocycles. The zero-order valence-corrected chi connectivity index (χ0v) is 17.6. The Morgan fingerprint density at radius 2 is 1.79 bits per heavy atom. The lowest BCUT2D eigenvalue weighted by Gasteiger charge is -2.13. The highest BCUT2D eigenvalue weighted by Gasteiger charge is 2.24. The summed E-state index contributed by atoms with van der Waals surface area (Å²) in [6.07, 6.45) is 2.93. The lowest BCUT2D eigenvalue weighted by atomic mass is 10.1. The number of nitrogens with zero attached hydrogens (tertiary/aromatic N) is 2. The molecule has 4 rings (SSSR count). The van der Waals surface area contributed by atoms with Crippen LogP contribution in [0.25, 0.3) is 11.8 Å². The molecular formula is C24H23N3OS. The lowest BCUT2D eigenvalue weighted by molar-refractivity contribution is -0.115. The topological polar surface area (TPSA) is 46.4 Å². The van der Waals surface area contributed by atoms with Gasteiger partial charge in [0.15, 0.2) is 5.17 Å². The van der Waals surface area contributed by atoms with Crippen molar-refractivity contribution in [1.82, 2.24) is 9.88 Å². The number of hydrogen-bond acceptors (Lipinski definition) is 3. The van der Waals surface area contributed by atoms with Gasteiger partial charge in [0.1, 0.15) is 0 Å². The van der Waals surface area contributed by atoms with Crippen LogP contribution in [0.3, 0.4) is 0 Å². The van der Waals surface area contributed by atoms with Crippen molar-refractivity contribution < 1.29 is 4.79 Å². The van der Waals surface area contributed by atoms with Crippen molar-refractivity contribution in [2.45, 2.75) is 27.2 Å². The van der Waals surface area contributed by atoms with E-state index < -0.39 is 0 Å². The maximum atomic E-state index is 12.5. The van der Waals surface area contributed by atoms with Crippen molar-refractivity contribution in [1.29, 1.82) is 0 Å². The number of amides is 1. The van der Waals surface area contributed by atoms with E-state index >= 15 is 0 Å². The molecule has 0 saturated carbocycles. The number of rotatable bonds is 4. The van der Waals surface area contributed by atoms with E-state index in [1.54, 1.807) is 0 Å². The molecule has 1 aliphatic heterocycles. The summed E-state index contributed by atoms with van der Waals surface area (Å²) in [5.74, 6) is -0.108. The van der Waals surface area contributed by atoms with E-state index in [9.17, 15) is 4.79 Å². The third-order valence-electron chi connectivity index (χ3n) is 5.01. The minimum absolute atomic E-state index is 0.108. The lowest BCUT2D eigenvalue weighted by Crippen LogP contribution is -2.19. The van der Waals surface area contributed by atoms with Crippen LogP contribution in [0.5, 0.6) is 0 Å². The van der Waals surface area contributed by atoms with Crippen molar-refractivity contribution in [3.63, 3.8) is 0 Å². The molecule has 0 radical (unpaired) electrons. The third-order valence-corrected chi connectivity index (χ3v) is 5.92. The van der Waals surface area contributed by atoms with E-state index in [-0.39, 0.29) is 5.91 Å². The largest absolute Gasteiger partial charge is 0.318 e. The van der Waals surface area contributed by atoms with Crippen LogP contribution >= 0.6 is 11.8 Å². The second-order valence-electron chi connectivity index (χ2n) is 6.96. The molecule has 2 aromatic carbocycles. The molecule has 0 atom stereocenters. The van der Waals surface area contributed by atoms with Crippen molar-refractivity contribution in [3.05, 3.63) is 88.1 Å². The quantitative estimate of drug-likeness (QED) is 0.583. The number of para-hydroxylation sites is 2. The minimum Gasteiger partial charge on any atom is -0.318 e. The molecule has 3 aromatic rings. The monoisotopic (exact) mass is 401 g/mol. The molecule has 146 valence electrons. The molecule has 1 aliphatic rings. The van der Waals surface area contributed by atoms with E-state index in [1.165, 1.54) is 23.0 Å². The first-order chi connectivity index (χ1) is 14.1. The van der Waals surface area contributed by atoms with Gasteiger partial charge in [0.25, 0.3) is 5.91 Å². The predicted octanol–water partition coefficient (Wildman–Crippen LogP) is 5.55. The van der Waals surface area contributed by atoms with Gasteiger partial charge in [-0.05, 0) is 73.5 Å². The summed E-state index contributed by atoms with van der Waals surface area (Å²) in [6, 6.07) is 20.2.